The van der Waals surface area contributed by atoms with Crippen molar-refractivity contribution in [1.82, 2.24) is 5.32 Å². The first kappa shape index (κ1) is 5.60. The number of amides is 1. The normalized spacial score (nSPS) is 37.5. The van der Waals surface area contributed by atoms with E-state index in [2.05, 4.69) is 12.2 Å². The molecule has 8 heavy (non-hydrogen) atoms. The van der Waals surface area contributed by atoms with Gasteiger partial charge in [-0.05, 0) is 5.92 Å². The van der Waals surface area contributed by atoms with Crippen LogP contribution in [0.3, 0.4) is 0 Å². The molecule has 0 spiro atoms. The summed E-state index contributed by atoms with van der Waals surface area (Å²) in [5.74, 6) is 0.968. The summed E-state index contributed by atoms with van der Waals surface area (Å²) in [4.78, 5) is 10.7. The first-order chi connectivity index (χ1) is 3.72. The molecule has 1 aliphatic rings. The van der Waals surface area contributed by atoms with E-state index >= 15 is 0 Å². The highest BCUT2D eigenvalue weighted by atomic mass is 16.2. The van der Waals surface area contributed by atoms with Crippen molar-refractivity contribution in [3.05, 3.63) is 0 Å². The van der Waals surface area contributed by atoms with Crippen LogP contribution >= 0.6 is 0 Å². The van der Waals surface area contributed by atoms with Gasteiger partial charge in [0.15, 0.2) is 0 Å². The predicted octanol–water partition coefficient (Wildman–Crippen LogP) is 0.388. The average Bonchev–Trinajstić information content (AvgIpc) is 1.98. The number of carbonyl (C=O) groups excluding carboxylic acids is 1. The molecule has 0 unspecified atom stereocenters. The highest BCUT2D eigenvalue weighted by Crippen LogP contribution is 2.14. The molecule has 46 valence electrons. The fraction of sp³-hybridized carbons (Fsp3) is 0.833. The average molecular weight is 113 g/mol. The van der Waals surface area contributed by atoms with Gasteiger partial charge in [-0.15, -0.1) is 0 Å². The minimum Gasteiger partial charge on any atom is -0.356 e. The van der Waals surface area contributed by atoms with Crippen molar-refractivity contribution in [2.75, 3.05) is 6.54 Å². The number of hydrogen-bond donors (Lipinski definition) is 1. The molecular weight excluding hydrogens is 102 g/mol. The van der Waals surface area contributed by atoms with E-state index in [0.29, 0.717) is 5.92 Å². The van der Waals surface area contributed by atoms with Crippen LogP contribution in [0, 0.1) is 11.8 Å². The second-order valence-corrected chi connectivity index (χ2v) is 2.51. The molecule has 1 fully saturated rings. The number of carbonyl (C=O) groups is 1. The Bertz CT molecular complexity index is 111. The highest BCUT2D eigenvalue weighted by Gasteiger charge is 2.26. The van der Waals surface area contributed by atoms with Crippen molar-refractivity contribution < 1.29 is 4.79 Å². The fourth-order valence-electron chi connectivity index (χ4n) is 0.858. The molecule has 0 aromatic heterocycles. The Morgan fingerprint density at radius 2 is 2.25 bits per heavy atom. The molecule has 1 aliphatic heterocycles. The van der Waals surface area contributed by atoms with Crippen LogP contribution in [0.1, 0.15) is 13.8 Å². The van der Waals surface area contributed by atoms with Gasteiger partial charge in [-0.25, -0.2) is 0 Å². The minimum absolute atomic E-state index is 0.206. The van der Waals surface area contributed by atoms with E-state index in [1.165, 1.54) is 0 Å². The summed E-state index contributed by atoms with van der Waals surface area (Å²) >= 11 is 0. The van der Waals surface area contributed by atoms with Crippen LogP contribution in [0.4, 0.5) is 0 Å². The van der Waals surface area contributed by atoms with Gasteiger partial charge in [0.1, 0.15) is 0 Å². The van der Waals surface area contributed by atoms with E-state index in [1.54, 1.807) is 0 Å². The van der Waals surface area contributed by atoms with Gasteiger partial charge in [-0.3, -0.25) is 4.79 Å². The molecule has 1 rings (SSSR count). The van der Waals surface area contributed by atoms with Crippen LogP contribution in [-0.2, 0) is 4.79 Å². The summed E-state index contributed by atoms with van der Waals surface area (Å²) in [6, 6.07) is 0. The van der Waals surface area contributed by atoms with Crippen LogP contribution < -0.4 is 5.32 Å². The van der Waals surface area contributed by atoms with Gasteiger partial charge in [0, 0.05) is 12.5 Å². The molecule has 0 saturated carbocycles. The monoisotopic (exact) mass is 113 g/mol. The molecule has 2 atom stereocenters. The maximum atomic E-state index is 10.7. The zero-order chi connectivity index (χ0) is 6.15. The van der Waals surface area contributed by atoms with E-state index in [-0.39, 0.29) is 11.8 Å². The highest BCUT2D eigenvalue weighted by molar-refractivity contribution is 5.80. The number of hydrogen-bond acceptors (Lipinski definition) is 1. The van der Waals surface area contributed by atoms with Crippen LogP contribution in [0.2, 0.25) is 0 Å². The van der Waals surface area contributed by atoms with Gasteiger partial charge in [0.2, 0.25) is 5.91 Å². The van der Waals surface area contributed by atoms with Crippen LogP contribution in [-0.4, -0.2) is 12.5 Å². The van der Waals surface area contributed by atoms with Crippen molar-refractivity contribution in [2.24, 2.45) is 11.8 Å². The standard InChI is InChI=1S/C6H11NO/c1-4-3-7-6(8)5(4)2/h4-5H,3H2,1-2H3,(H,7,8)/t4-,5+/m0/s1. The first-order valence-electron chi connectivity index (χ1n) is 2.99. The molecule has 1 saturated heterocycles. The largest absolute Gasteiger partial charge is 0.356 e. The fourth-order valence-corrected chi connectivity index (χ4v) is 0.858. The van der Waals surface area contributed by atoms with E-state index < -0.39 is 0 Å². The molecule has 2 nitrogen and oxygen atoms in total. The Balaban J connectivity index is 2.56. The predicted molar refractivity (Wildman–Crippen MR) is 31.3 cm³/mol. The number of nitrogens with one attached hydrogen (secondary N) is 1. The lowest BCUT2D eigenvalue weighted by atomic mass is 10.0. The maximum Gasteiger partial charge on any atom is 0.223 e. The molecule has 0 radical (unpaired) electrons. The summed E-state index contributed by atoms with van der Waals surface area (Å²) in [7, 11) is 0. The molecule has 1 heterocycles. The van der Waals surface area contributed by atoms with Gasteiger partial charge in [0.25, 0.3) is 0 Å². The zero-order valence-corrected chi connectivity index (χ0v) is 5.27. The quantitative estimate of drug-likeness (QED) is 0.483. The summed E-state index contributed by atoms with van der Waals surface area (Å²) in [5.41, 5.74) is 0. The third-order valence-electron chi connectivity index (χ3n) is 1.87. The Labute approximate surface area is 49.3 Å². The molecular formula is C6H11NO. The Morgan fingerprint density at radius 3 is 2.38 bits per heavy atom. The Hall–Kier alpha value is -0.530. The molecule has 1 N–H and O–H groups in total. The van der Waals surface area contributed by atoms with E-state index in [9.17, 15) is 4.79 Å². The molecule has 2 heteroatoms. The van der Waals surface area contributed by atoms with Gasteiger partial charge in [-0.1, -0.05) is 13.8 Å². The zero-order valence-electron chi connectivity index (χ0n) is 5.27. The molecule has 0 bridgehead atoms. The summed E-state index contributed by atoms with van der Waals surface area (Å²) in [5, 5.41) is 2.78. The number of rotatable bonds is 0. The van der Waals surface area contributed by atoms with Crippen LogP contribution in [0.15, 0.2) is 0 Å². The molecule has 0 aliphatic carbocycles. The van der Waals surface area contributed by atoms with E-state index in [0.717, 1.165) is 6.54 Å². The molecule has 0 aromatic carbocycles. The Kier molecular flexibility index (Phi) is 1.24. The second kappa shape index (κ2) is 1.77. The van der Waals surface area contributed by atoms with Crippen LogP contribution in [0.5, 0.6) is 0 Å². The summed E-state index contributed by atoms with van der Waals surface area (Å²) in [6.07, 6.45) is 0. The van der Waals surface area contributed by atoms with Gasteiger partial charge < -0.3 is 5.32 Å². The molecule has 1 amide bonds. The lowest BCUT2D eigenvalue weighted by Gasteiger charge is -2.00. The lowest BCUT2D eigenvalue weighted by molar-refractivity contribution is -0.122. The topological polar surface area (TPSA) is 29.1 Å². The van der Waals surface area contributed by atoms with Gasteiger partial charge in [-0.2, -0.15) is 0 Å². The Morgan fingerprint density at radius 1 is 1.62 bits per heavy atom. The van der Waals surface area contributed by atoms with Crippen molar-refractivity contribution in [2.45, 2.75) is 13.8 Å². The van der Waals surface area contributed by atoms with Gasteiger partial charge >= 0.3 is 0 Å². The molecule has 0 aromatic rings. The summed E-state index contributed by atoms with van der Waals surface area (Å²) in [6.45, 7) is 4.91. The van der Waals surface area contributed by atoms with Gasteiger partial charge in [0.05, 0.1) is 0 Å². The minimum atomic E-state index is 0.206. The van der Waals surface area contributed by atoms with E-state index in [1.807, 2.05) is 6.92 Å². The third kappa shape index (κ3) is 0.703. The van der Waals surface area contributed by atoms with Crippen molar-refractivity contribution in [1.29, 1.82) is 0 Å². The van der Waals surface area contributed by atoms with Crippen molar-refractivity contribution >= 4 is 5.91 Å². The SMILES string of the molecule is C[C@H]1CNC(=O)[C@@H]1C. The lowest BCUT2D eigenvalue weighted by Crippen LogP contribution is -2.16. The smallest absolute Gasteiger partial charge is 0.223 e. The van der Waals surface area contributed by atoms with Crippen LogP contribution in [0.25, 0.3) is 0 Å². The van der Waals surface area contributed by atoms with E-state index in [4.69, 9.17) is 0 Å². The summed E-state index contributed by atoms with van der Waals surface area (Å²) < 4.78 is 0. The second-order valence-electron chi connectivity index (χ2n) is 2.51. The maximum absolute atomic E-state index is 10.7. The van der Waals surface area contributed by atoms with Crippen molar-refractivity contribution in [3.8, 4) is 0 Å². The first-order valence-corrected chi connectivity index (χ1v) is 2.99. The third-order valence-corrected chi connectivity index (χ3v) is 1.87. The van der Waals surface area contributed by atoms with Crippen molar-refractivity contribution in [3.63, 3.8) is 0 Å².